The van der Waals surface area contributed by atoms with Crippen molar-refractivity contribution in [1.82, 2.24) is 9.88 Å². The van der Waals surface area contributed by atoms with Gasteiger partial charge in [0.1, 0.15) is 5.82 Å². The maximum Gasteiger partial charge on any atom is 0.166 e. The highest BCUT2D eigenvalue weighted by Gasteiger charge is 2.34. The lowest BCUT2D eigenvalue weighted by molar-refractivity contribution is 0.320. The molecule has 0 amide bonds. The predicted molar refractivity (Wildman–Crippen MR) is 87.7 cm³/mol. The zero-order valence-corrected chi connectivity index (χ0v) is 12.4. The molecule has 0 saturated carbocycles. The van der Waals surface area contributed by atoms with Gasteiger partial charge in [-0.3, -0.25) is 0 Å². The summed E-state index contributed by atoms with van der Waals surface area (Å²) < 4.78 is 0. The Bertz CT molecular complexity index is 713. The van der Waals surface area contributed by atoms with Crippen molar-refractivity contribution in [2.75, 3.05) is 11.5 Å². The monoisotopic (exact) mass is 296 g/mol. The van der Waals surface area contributed by atoms with E-state index in [2.05, 4.69) is 34.1 Å². The summed E-state index contributed by atoms with van der Waals surface area (Å²) in [7, 11) is 0. The summed E-state index contributed by atoms with van der Waals surface area (Å²) in [5.41, 5.74) is 8.61. The second-order valence-corrected chi connectivity index (χ2v) is 6.37. The van der Waals surface area contributed by atoms with E-state index in [-0.39, 0.29) is 0 Å². The van der Waals surface area contributed by atoms with Crippen LogP contribution in [-0.2, 0) is 13.0 Å². The summed E-state index contributed by atoms with van der Waals surface area (Å²) in [5.74, 6) is 2.30. The number of hydrogen-bond donors (Lipinski definition) is 1. The number of thioether (sulfide) groups is 1. The Hall–Kier alpha value is -2.01. The number of nitrogens with two attached hydrogens (primary N) is 1. The van der Waals surface area contributed by atoms with Crippen LogP contribution in [0.2, 0.25) is 0 Å². The summed E-state index contributed by atoms with van der Waals surface area (Å²) in [6, 6.07) is 14.8. The van der Waals surface area contributed by atoms with Crippen LogP contribution in [0.15, 0.2) is 47.5 Å². The minimum Gasteiger partial charge on any atom is -0.384 e. The molecule has 1 aromatic carbocycles. The Balaban J connectivity index is 1.65. The average molecular weight is 296 g/mol. The van der Waals surface area contributed by atoms with Crippen molar-refractivity contribution >= 4 is 28.6 Å². The second kappa shape index (κ2) is 5.07. The van der Waals surface area contributed by atoms with E-state index < -0.39 is 0 Å². The van der Waals surface area contributed by atoms with Crippen molar-refractivity contribution in [3.63, 3.8) is 0 Å². The van der Waals surface area contributed by atoms with Crippen LogP contribution in [-0.4, -0.2) is 26.8 Å². The van der Waals surface area contributed by atoms with E-state index in [0.29, 0.717) is 17.7 Å². The molecule has 0 spiro atoms. The first-order valence-corrected chi connectivity index (χ1v) is 8.05. The first-order valence-electron chi connectivity index (χ1n) is 7.07. The molecule has 0 bridgehead atoms. The van der Waals surface area contributed by atoms with Gasteiger partial charge in [-0.25, -0.2) is 9.98 Å². The van der Waals surface area contributed by atoms with Crippen LogP contribution in [0.4, 0.5) is 11.6 Å². The summed E-state index contributed by atoms with van der Waals surface area (Å²) in [5, 5.41) is 1.06. The highest BCUT2D eigenvalue weighted by Crippen LogP contribution is 2.34. The highest BCUT2D eigenvalue weighted by molar-refractivity contribution is 8.14. The summed E-state index contributed by atoms with van der Waals surface area (Å²) in [6.07, 6.45) is 1.10. The molecule has 1 unspecified atom stereocenters. The van der Waals surface area contributed by atoms with Crippen molar-refractivity contribution < 1.29 is 0 Å². The van der Waals surface area contributed by atoms with Crippen molar-refractivity contribution in [2.45, 2.75) is 19.0 Å². The SMILES string of the molecule is Nc1cccc(N=C2SCC3Cc4ccccc4CN23)n1. The zero-order chi connectivity index (χ0) is 14.2. The van der Waals surface area contributed by atoms with Gasteiger partial charge in [0.2, 0.25) is 0 Å². The number of fused-ring (bicyclic) bond motifs is 2. The number of pyridine rings is 1. The molecule has 3 heterocycles. The van der Waals surface area contributed by atoms with E-state index in [1.54, 1.807) is 6.07 Å². The minimum atomic E-state index is 0.514. The fourth-order valence-corrected chi connectivity index (χ4v) is 4.09. The Morgan fingerprint density at radius 2 is 2.00 bits per heavy atom. The third kappa shape index (κ3) is 2.38. The first kappa shape index (κ1) is 12.7. The molecule has 0 aliphatic carbocycles. The molecule has 4 nitrogen and oxygen atoms in total. The highest BCUT2D eigenvalue weighted by atomic mass is 32.2. The number of hydrogen-bond acceptors (Lipinski definition) is 4. The standard InChI is InChI=1S/C16H16N4S/c17-14-6-3-7-15(18-14)19-16-20-9-12-5-2-1-4-11(12)8-13(20)10-21-16/h1-7,13H,8-10H2,(H2,17,18). The van der Waals surface area contributed by atoms with E-state index in [4.69, 9.17) is 10.7 Å². The van der Waals surface area contributed by atoms with Crippen LogP contribution in [0.5, 0.6) is 0 Å². The smallest absolute Gasteiger partial charge is 0.166 e. The minimum absolute atomic E-state index is 0.514. The van der Waals surface area contributed by atoms with Crippen molar-refractivity contribution in [3.8, 4) is 0 Å². The van der Waals surface area contributed by atoms with Crippen LogP contribution in [0, 0.1) is 0 Å². The maximum atomic E-state index is 5.73. The molecule has 1 aromatic heterocycles. The number of nitrogen functional groups attached to an aromatic ring is 1. The van der Waals surface area contributed by atoms with Crippen LogP contribution >= 0.6 is 11.8 Å². The van der Waals surface area contributed by atoms with Gasteiger partial charge < -0.3 is 10.6 Å². The molecule has 106 valence electrons. The molecule has 4 rings (SSSR count). The van der Waals surface area contributed by atoms with E-state index in [0.717, 1.165) is 23.9 Å². The molecule has 1 atom stereocenters. The summed E-state index contributed by atoms with van der Waals surface area (Å²) >= 11 is 1.81. The van der Waals surface area contributed by atoms with Gasteiger partial charge in [-0.1, -0.05) is 42.1 Å². The number of benzene rings is 1. The van der Waals surface area contributed by atoms with Crippen molar-refractivity contribution in [2.24, 2.45) is 4.99 Å². The third-order valence-corrected chi connectivity index (χ3v) is 5.11. The van der Waals surface area contributed by atoms with E-state index in [1.807, 2.05) is 23.9 Å². The van der Waals surface area contributed by atoms with Crippen molar-refractivity contribution in [3.05, 3.63) is 53.6 Å². The fraction of sp³-hybridized carbons (Fsp3) is 0.250. The molecular formula is C16H16N4S. The number of aliphatic imine (C=N–C) groups is 1. The van der Waals surface area contributed by atoms with Gasteiger partial charge in [0, 0.05) is 18.3 Å². The molecule has 2 aromatic rings. The second-order valence-electron chi connectivity index (χ2n) is 5.38. The third-order valence-electron chi connectivity index (χ3n) is 3.97. The summed E-state index contributed by atoms with van der Waals surface area (Å²) in [6.45, 7) is 0.939. The summed E-state index contributed by atoms with van der Waals surface area (Å²) in [4.78, 5) is 11.4. The number of amidine groups is 1. The molecule has 2 aliphatic heterocycles. The quantitative estimate of drug-likeness (QED) is 0.879. The Morgan fingerprint density at radius 3 is 2.86 bits per heavy atom. The molecular weight excluding hydrogens is 280 g/mol. The van der Waals surface area contributed by atoms with Crippen LogP contribution in [0.1, 0.15) is 11.1 Å². The van der Waals surface area contributed by atoms with Crippen LogP contribution in [0.3, 0.4) is 0 Å². The maximum absolute atomic E-state index is 5.73. The lowest BCUT2D eigenvalue weighted by atomic mass is 9.95. The van der Waals surface area contributed by atoms with E-state index in [9.17, 15) is 0 Å². The molecule has 5 heteroatoms. The van der Waals surface area contributed by atoms with E-state index >= 15 is 0 Å². The van der Waals surface area contributed by atoms with E-state index in [1.165, 1.54) is 11.1 Å². The van der Waals surface area contributed by atoms with Gasteiger partial charge in [-0.15, -0.1) is 0 Å². The van der Waals surface area contributed by atoms with Crippen molar-refractivity contribution in [1.29, 1.82) is 0 Å². The van der Waals surface area contributed by atoms with Gasteiger partial charge in [0.25, 0.3) is 0 Å². The number of rotatable bonds is 1. The van der Waals surface area contributed by atoms with Gasteiger partial charge in [-0.2, -0.15) is 0 Å². The lowest BCUT2D eigenvalue weighted by Crippen LogP contribution is -2.38. The molecule has 2 N–H and O–H groups in total. The molecule has 1 saturated heterocycles. The normalized spacial score (nSPS) is 22.2. The fourth-order valence-electron chi connectivity index (χ4n) is 2.91. The van der Waals surface area contributed by atoms with Crippen LogP contribution in [0.25, 0.3) is 0 Å². The number of anilines is 1. The average Bonchev–Trinajstić information content (AvgIpc) is 2.87. The Kier molecular flexibility index (Phi) is 3.07. The number of aromatic nitrogens is 1. The largest absolute Gasteiger partial charge is 0.384 e. The Labute approximate surface area is 128 Å². The predicted octanol–water partition coefficient (Wildman–Crippen LogP) is 2.83. The first-order chi connectivity index (χ1) is 10.3. The molecule has 0 radical (unpaired) electrons. The molecule has 2 aliphatic rings. The van der Waals surface area contributed by atoms with Crippen LogP contribution < -0.4 is 5.73 Å². The van der Waals surface area contributed by atoms with Gasteiger partial charge >= 0.3 is 0 Å². The van der Waals surface area contributed by atoms with Gasteiger partial charge in [-0.05, 0) is 29.7 Å². The zero-order valence-electron chi connectivity index (χ0n) is 11.6. The topological polar surface area (TPSA) is 54.5 Å². The Morgan fingerprint density at radius 1 is 1.14 bits per heavy atom. The van der Waals surface area contributed by atoms with Gasteiger partial charge in [0.05, 0.1) is 0 Å². The number of nitrogens with zero attached hydrogens (tertiary/aromatic N) is 3. The lowest BCUT2D eigenvalue weighted by Gasteiger charge is -2.32. The van der Waals surface area contributed by atoms with Gasteiger partial charge in [0.15, 0.2) is 11.0 Å². The molecule has 21 heavy (non-hydrogen) atoms. The molecule has 1 fully saturated rings.